The normalized spacial score (nSPS) is 21.6. The van der Waals surface area contributed by atoms with Crippen LogP contribution in [0, 0.1) is 0 Å². The van der Waals surface area contributed by atoms with Gasteiger partial charge in [-0.1, -0.05) is 0 Å². The van der Waals surface area contributed by atoms with Gasteiger partial charge >= 0.3 is 0 Å². The zero-order valence-corrected chi connectivity index (χ0v) is 14.0. The van der Waals surface area contributed by atoms with Gasteiger partial charge in [-0.15, -0.1) is 0 Å². The van der Waals surface area contributed by atoms with Crippen LogP contribution in [-0.4, -0.2) is 74.4 Å². The molecular weight excluding hydrogens is 308 g/mol. The third kappa shape index (κ3) is 5.15. The molecule has 24 heavy (non-hydrogen) atoms. The van der Waals surface area contributed by atoms with Crippen LogP contribution >= 0.6 is 0 Å². The molecule has 2 aliphatic rings. The summed E-state index contributed by atoms with van der Waals surface area (Å²) >= 11 is 0. The van der Waals surface area contributed by atoms with E-state index in [1.807, 2.05) is 6.07 Å². The highest BCUT2D eigenvalue weighted by Crippen LogP contribution is 2.11. The molecule has 2 saturated heterocycles. The maximum absolute atomic E-state index is 12.1. The van der Waals surface area contributed by atoms with E-state index in [-0.39, 0.29) is 12.0 Å². The highest BCUT2D eigenvalue weighted by Gasteiger charge is 2.16. The average molecular weight is 334 g/mol. The van der Waals surface area contributed by atoms with E-state index < -0.39 is 0 Å². The van der Waals surface area contributed by atoms with E-state index in [9.17, 15) is 4.79 Å². The van der Waals surface area contributed by atoms with Gasteiger partial charge < -0.3 is 20.1 Å². The summed E-state index contributed by atoms with van der Waals surface area (Å²) in [5.41, 5.74) is 0.576. The summed E-state index contributed by atoms with van der Waals surface area (Å²) in [4.78, 5) is 18.8. The van der Waals surface area contributed by atoms with E-state index >= 15 is 0 Å². The Balaban J connectivity index is 1.38. The van der Waals surface area contributed by atoms with Crippen LogP contribution in [0.1, 0.15) is 23.2 Å². The summed E-state index contributed by atoms with van der Waals surface area (Å²) < 4.78 is 10.8. The standard InChI is InChI=1S/C17H26N4O3/c22-17(20-13-15-2-1-9-24-15)14-3-4-16(19-12-14)18-5-6-21-7-10-23-11-8-21/h3-4,12,15H,1-2,5-11,13H2,(H,18,19)(H,20,22). The summed E-state index contributed by atoms with van der Waals surface area (Å²) in [6.07, 6.45) is 3.86. The maximum Gasteiger partial charge on any atom is 0.252 e. The first kappa shape index (κ1) is 17.1. The fourth-order valence-electron chi connectivity index (χ4n) is 2.91. The van der Waals surface area contributed by atoms with Crippen molar-refractivity contribution in [1.82, 2.24) is 15.2 Å². The fraction of sp³-hybridized carbons (Fsp3) is 0.647. The molecule has 0 spiro atoms. The Morgan fingerprint density at radius 1 is 1.29 bits per heavy atom. The third-order valence-electron chi connectivity index (χ3n) is 4.38. The minimum atomic E-state index is -0.0992. The maximum atomic E-state index is 12.1. The first-order chi connectivity index (χ1) is 11.8. The quantitative estimate of drug-likeness (QED) is 0.766. The Labute approximate surface area is 142 Å². The molecule has 0 bridgehead atoms. The molecule has 7 heteroatoms. The second-order valence-electron chi connectivity index (χ2n) is 6.16. The van der Waals surface area contributed by atoms with Crippen molar-refractivity contribution in [2.45, 2.75) is 18.9 Å². The monoisotopic (exact) mass is 334 g/mol. The van der Waals surface area contributed by atoms with Gasteiger partial charge in [0, 0.05) is 45.5 Å². The largest absolute Gasteiger partial charge is 0.379 e. The van der Waals surface area contributed by atoms with Gasteiger partial charge in [0.25, 0.3) is 5.91 Å². The van der Waals surface area contributed by atoms with Crippen molar-refractivity contribution in [2.75, 3.05) is 57.9 Å². The van der Waals surface area contributed by atoms with Gasteiger partial charge in [-0.25, -0.2) is 4.98 Å². The topological polar surface area (TPSA) is 75.7 Å². The minimum absolute atomic E-state index is 0.0992. The van der Waals surface area contributed by atoms with Crippen LogP contribution in [0.3, 0.4) is 0 Å². The number of nitrogens with zero attached hydrogens (tertiary/aromatic N) is 2. The Morgan fingerprint density at radius 3 is 2.88 bits per heavy atom. The van der Waals surface area contributed by atoms with Gasteiger partial charge in [-0.05, 0) is 25.0 Å². The third-order valence-corrected chi connectivity index (χ3v) is 4.38. The van der Waals surface area contributed by atoms with E-state index in [1.54, 1.807) is 12.3 Å². The van der Waals surface area contributed by atoms with Crippen LogP contribution in [0.25, 0.3) is 0 Å². The predicted octanol–water partition coefficient (Wildman–Crippen LogP) is 0.735. The number of hydrogen-bond donors (Lipinski definition) is 2. The van der Waals surface area contributed by atoms with Crippen LogP contribution in [0.2, 0.25) is 0 Å². The van der Waals surface area contributed by atoms with Gasteiger partial charge in [0.15, 0.2) is 0 Å². The molecule has 1 aromatic rings. The van der Waals surface area contributed by atoms with Crippen molar-refractivity contribution >= 4 is 11.7 Å². The molecule has 2 aliphatic heterocycles. The number of morpholine rings is 1. The lowest BCUT2D eigenvalue weighted by Crippen LogP contribution is -2.39. The Bertz CT molecular complexity index is 511. The van der Waals surface area contributed by atoms with E-state index in [4.69, 9.17) is 9.47 Å². The molecule has 1 amide bonds. The number of carbonyl (C=O) groups excluding carboxylic acids is 1. The second kappa shape index (κ2) is 8.96. The number of rotatable bonds is 7. The molecule has 3 rings (SSSR count). The van der Waals surface area contributed by atoms with Crippen molar-refractivity contribution in [2.24, 2.45) is 0 Å². The van der Waals surface area contributed by atoms with Crippen LogP contribution in [0.5, 0.6) is 0 Å². The molecule has 0 aromatic carbocycles. The lowest BCUT2D eigenvalue weighted by Gasteiger charge is -2.26. The smallest absolute Gasteiger partial charge is 0.252 e. The molecular formula is C17H26N4O3. The van der Waals surface area contributed by atoms with Crippen LogP contribution in [0.15, 0.2) is 18.3 Å². The first-order valence-electron chi connectivity index (χ1n) is 8.71. The molecule has 7 nitrogen and oxygen atoms in total. The highest BCUT2D eigenvalue weighted by atomic mass is 16.5. The number of aromatic nitrogens is 1. The molecule has 3 heterocycles. The van der Waals surface area contributed by atoms with Crippen molar-refractivity contribution in [3.8, 4) is 0 Å². The van der Waals surface area contributed by atoms with Crippen molar-refractivity contribution in [3.63, 3.8) is 0 Å². The van der Waals surface area contributed by atoms with Crippen LogP contribution in [0.4, 0.5) is 5.82 Å². The number of pyridine rings is 1. The molecule has 2 fully saturated rings. The Morgan fingerprint density at radius 2 is 2.17 bits per heavy atom. The summed E-state index contributed by atoms with van der Waals surface area (Å²) in [5.74, 6) is 0.691. The molecule has 0 saturated carbocycles. The Kier molecular flexibility index (Phi) is 6.40. The zero-order valence-electron chi connectivity index (χ0n) is 14.0. The SMILES string of the molecule is O=C(NCC1CCCO1)c1ccc(NCCN2CCOCC2)nc1. The lowest BCUT2D eigenvalue weighted by molar-refractivity contribution is 0.0398. The predicted molar refractivity (Wildman–Crippen MR) is 91.3 cm³/mol. The molecule has 1 unspecified atom stereocenters. The van der Waals surface area contributed by atoms with Crippen LogP contribution < -0.4 is 10.6 Å². The summed E-state index contributed by atoms with van der Waals surface area (Å²) in [6, 6.07) is 3.65. The number of hydrogen-bond acceptors (Lipinski definition) is 6. The zero-order chi connectivity index (χ0) is 16.6. The van der Waals surface area contributed by atoms with E-state index in [2.05, 4.69) is 20.5 Å². The van der Waals surface area contributed by atoms with Gasteiger partial charge in [-0.2, -0.15) is 0 Å². The van der Waals surface area contributed by atoms with Crippen LogP contribution in [-0.2, 0) is 9.47 Å². The molecule has 1 atom stereocenters. The van der Waals surface area contributed by atoms with Crippen molar-refractivity contribution in [3.05, 3.63) is 23.9 Å². The summed E-state index contributed by atoms with van der Waals surface area (Å²) in [5, 5.41) is 6.19. The second-order valence-corrected chi connectivity index (χ2v) is 6.16. The average Bonchev–Trinajstić information content (AvgIpc) is 3.15. The molecule has 1 aromatic heterocycles. The van der Waals surface area contributed by atoms with Crippen molar-refractivity contribution in [1.29, 1.82) is 0 Å². The van der Waals surface area contributed by atoms with E-state index in [0.29, 0.717) is 12.1 Å². The molecule has 0 aliphatic carbocycles. The fourth-order valence-corrected chi connectivity index (χ4v) is 2.91. The number of amides is 1. The van der Waals surface area contributed by atoms with Gasteiger partial charge in [0.2, 0.25) is 0 Å². The number of nitrogens with one attached hydrogen (secondary N) is 2. The molecule has 132 valence electrons. The lowest BCUT2D eigenvalue weighted by atomic mass is 10.2. The molecule has 0 radical (unpaired) electrons. The van der Waals surface area contributed by atoms with E-state index in [1.165, 1.54) is 0 Å². The summed E-state index contributed by atoms with van der Waals surface area (Å²) in [6.45, 7) is 6.76. The number of carbonyl (C=O) groups is 1. The number of anilines is 1. The Hall–Kier alpha value is -1.70. The van der Waals surface area contributed by atoms with E-state index in [0.717, 1.165) is 64.7 Å². The minimum Gasteiger partial charge on any atom is -0.379 e. The summed E-state index contributed by atoms with van der Waals surface area (Å²) in [7, 11) is 0. The molecule has 2 N–H and O–H groups in total. The highest BCUT2D eigenvalue weighted by molar-refractivity contribution is 5.94. The van der Waals surface area contributed by atoms with Gasteiger partial charge in [0.1, 0.15) is 5.82 Å². The van der Waals surface area contributed by atoms with Crippen molar-refractivity contribution < 1.29 is 14.3 Å². The van der Waals surface area contributed by atoms with Gasteiger partial charge in [0.05, 0.1) is 24.9 Å². The van der Waals surface area contributed by atoms with Gasteiger partial charge in [-0.3, -0.25) is 9.69 Å². The number of ether oxygens (including phenoxy) is 2. The first-order valence-corrected chi connectivity index (χ1v) is 8.71.